The Morgan fingerprint density at radius 2 is 2.20 bits per heavy atom. The molecule has 2 nitrogen and oxygen atoms in total. The first-order valence-corrected chi connectivity index (χ1v) is 5.66. The fourth-order valence-electron chi connectivity index (χ4n) is 2.18. The van der Waals surface area contributed by atoms with Crippen molar-refractivity contribution in [2.24, 2.45) is 0 Å². The molecular formula is C13H19NO. The Labute approximate surface area is 91.6 Å². The molecule has 2 heteroatoms. The first-order chi connectivity index (χ1) is 7.27. The van der Waals surface area contributed by atoms with Crippen LogP contribution >= 0.6 is 0 Å². The lowest BCUT2D eigenvalue weighted by atomic mass is 10.0. The predicted octanol–water partition coefficient (Wildman–Crippen LogP) is 2.43. The lowest BCUT2D eigenvalue weighted by Crippen LogP contribution is -2.31. The molecule has 1 unspecified atom stereocenters. The molecule has 1 aromatic carbocycles. The van der Waals surface area contributed by atoms with Crippen LogP contribution in [0, 0.1) is 6.92 Å². The minimum absolute atomic E-state index is 0.415. The van der Waals surface area contributed by atoms with Crippen LogP contribution in [0.3, 0.4) is 0 Å². The van der Waals surface area contributed by atoms with Crippen LogP contribution in [0.25, 0.3) is 0 Å². The zero-order valence-electron chi connectivity index (χ0n) is 9.49. The van der Waals surface area contributed by atoms with E-state index >= 15 is 0 Å². The molecule has 0 bridgehead atoms. The molecule has 0 spiro atoms. The summed E-state index contributed by atoms with van der Waals surface area (Å²) in [6.45, 7) is 6.15. The highest BCUT2D eigenvalue weighted by molar-refractivity contribution is 5.28. The second kappa shape index (κ2) is 4.77. The van der Waals surface area contributed by atoms with E-state index in [9.17, 15) is 0 Å². The Morgan fingerprint density at radius 3 is 2.87 bits per heavy atom. The van der Waals surface area contributed by atoms with Crippen LogP contribution in [-0.4, -0.2) is 19.3 Å². The largest absolute Gasteiger partial charge is 0.380 e. The SMILES string of the molecule is Cc1ccccc1[C@H](C)NC1CCOC1. The van der Waals surface area contributed by atoms with E-state index in [1.165, 1.54) is 11.1 Å². The summed E-state index contributed by atoms with van der Waals surface area (Å²) < 4.78 is 5.36. The fraction of sp³-hybridized carbons (Fsp3) is 0.538. The van der Waals surface area contributed by atoms with Crippen molar-refractivity contribution in [1.29, 1.82) is 0 Å². The first-order valence-electron chi connectivity index (χ1n) is 5.66. The topological polar surface area (TPSA) is 21.3 Å². The van der Waals surface area contributed by atoms with Crippen molar-refractivity contribution >= 4 is 0 Å². The summed E-state index contributed by atoms with van der Waals surface area (Å²) in [5.41, 5.74) is 2.75. The maximum absolute atomic E-state index is 5.36. The van der Waals surface area contributed by atoms with Crippen LogP contribution in [-0.2, 0) is 4.74 Å². The van der Waals surface area contributed by atoms with Gasteiger partial charge in [0.05, 0.1) is 6.61 Å². The molecule has 0 aromatic heterocycles. The van der Waals surface area contributed by atoms with Gasteiger partial charge in [0, 0.05) is 18.7 Å². The lowest BCUT2D eigenvalue weighted by Gasteiger charge is -2.20. The lowest BCUT2D eigenvalue weighted by molar-refractivity contribution is 0.188. The van der Waals surface area contributed by atoms with E-state index in [0.717, 1.165) is 19.6 Å². The van der Waals surface area contributed by atoms with Gasteiger partial charge in [-0.05, 0) is 31.4 Å². The highest BCUT2D eigenvalue weighted by Crippen LogP contribution is 2.18. The maximum atomic E-state index is 5.36. The highest BCUT2D eigenvalue weighted by atomic mass is 16.5. The molecule has 1 heterocycles. The van der Waals surface area contributed by atoms with Gasteiger partial charge < -0.3 is 10.1 Å². The average molecular weight is 205 g/mol. The van der Waals surface area contributed by atoms with Crippen molar-refractivity contribution in [1.82, 2.24) is 5.32 Å². The summed E-state index contributed by atoms with van der Waals surface area (Å²) in [4.78, 5) is 0. The van der Waals surface area contributed by atoms with Gasteiger partial charge in [0.1, 0.15) is 0 Å². The van der Waals surface area contributed by atoms with E-state index in [2.05, 4.69) is 43.4 Å². The Balaban J connectivity index is 2.00. The van der Waals surface area contributed by atoms with Crippen LogP contribution in [0.2, 0.25) is 0 Å². The van der Waals surface area contributed by atoms with Gasteiger partial charge in [-0.15, -0.1) is 0 Å². The van der Waals surface area contributed by atoms with E-state index in [4.69, 9.17) is 4.74 Å². The van der Waals surface area contributed by atoms with E-state index in [0.29, 0.717) is 12.1 Å². The maximum Gasteiger partial charge on any atom is 0.0620 e. The molecule has 1 aromatic rings. The molecule has 2 rings (SSSR count). The van der Waals surface area contributed by atoms with E-state index in [-0.39, 0.29) is 0 Å². The van der Waals surface area contributed by atoms with E-state index in [1.54, 1.807) is 0 Å². The van der Waals surface area contributed by atoms with Crippen molar-refractivity contribution in [3.05, 3.63) is 35.4 Å². The predicted molar refractivity (Wildman–Crippen MR) is 62.0 cm³/mol. The van der Waals surface area contributed by atoms with Crippen molar-refractivity contribution in [2.75, 3.05) is 13.2 Å². The third kappa shape index (κ3) is 2.58. The molecule has 15 heavy (non-hydrogen) atoms. The molecule has 1 N–H and O–H groups in total. The van der Waals surface area contributed by atoms with Gasteiger partial charge in [-0.2, -0.15) is 0 Å². The number of hydrogen-bond acceptors (Lipinski definition) is 2. The van der Waals surface area contributed by atoms with Crippen LogP contribution in [0.1, 0.15) is 30.5 Å². The van der Waals surface area contributed by atoms with Crippen molar-refractivity contribution in [3.8, 4) is 0 Å². The summed E-state index contributed by atoms with van der Waals surface area (Å²) in [6.07, 6.45) is 1.14. The molecule has 2 atom stereocenters. The number of ether oxygens (including phenoxy) is 1. The van der Waals surface area contributed by atoms with Gasteiger partial charge >= 0.3 is 0 Å². The standard InChI is InChI=1S/C13H19NO/c1-10-5-3-4-6-13(10)11(2)14-12-7-8-15-9-12/h3-6,11-12,14H,7-9H2,1-2H3/t11-,12?/m0/s1. The number of nitrogens with one attached hydrogen (secondary N) is 1. The molecule has 82 valence electrons. The number of aryl methyl sites for hydroxylation is 1. The Bertz CT molecular complexity index is 318. The molecule has 1 fully saturated rings. The molecule has 0 radical (unpaired) electrons. The summed E-state index contributed by atoms with van der Waals surface area (Å²) in [7, 11) is 0. The van der Waals surface area contributed by atoms with Crippen molar-refractivity contribution in [3.63, 3.8) is 0 Å². The summed E-state index contributed by atoms with van der Waals surface area (Å²) in [5, 5.41) is 3.61. The monoisotopic (exact) mass is 205 g/mol. The normalized spacial score (nSPS) is 22.9. The number of benzene rings is 1. The average Bonchev–Trinajstić information content (AvgIpc) is 2.71. The molecular weight excluding hydrogens is 186 g/mol. The van der Waals surface area contributed by atoms with Crippen LogP contribution in [0.15, 0.2) is 24.3 Å². The second-order valence-corrected chi connectivity index (χ2v) is 4.31. The molecule has 1 saturated heterocycles. The second-order valence-electron chi connectivity index (χ2n) is 4.31. The Morgan fingerprint density at radius 1 is 1.40 bits per heavy atom. The minimum atomic E-state index is 0.415. The van der Waals surface area contributed by atoms with Crippen LogP contribution in [0.4, 0.5) is 0 Å². The van der Waals surface area contributed by atoms with Crippen LogP contribution in [0.5, 0.6) is 0 Å². The highest BCUT2D eigenvalue weighted by Gasteiger charge is 2.18. The summed E-state index contributed by atoms with van der Waals surface area (Å²) in [5.74, 6) is 0. The third-order valence-electron chi connectivity index (χ3n) is 3.07. The minimum Gasteiger partial charge on any atom is -0.380 e. The number of rotatable bonds is 3. The van der Waals surface area contributed by atoms with Crippen molar-refractivity contribution < 1.29 is 4.74 Å². The molecule has 1 aliphatic rings. The number of hydrogen-bond donors (Lipinski definition) is 1. The van der Waals surface area contributed by atoms with E-state index in [1.807, 2.05) is 0 Å². The quantitative estimate of drug-likeness (QED) is 0.818. The fourth-order valence-corrected chi connectivity index (χ4v) is 2.18. The van der Waals surface area contributed by atoms with Gasteiger partial charge in [-0.3, -0.25) is 0 Å². The molecule has 0 aliphatic carbocycles. The Hall–Kier alpha value is -0.860. The zero-order chi connectivity index (χ0) is 10.7. The summed E-state index contributed by atoms with van der Waals surface area (Å²) in [6, 6.07) is 9.50. The zero-order valence-corrected chi connectivity index (χ0v) is 9.49. The van der Waals surface area contributed by atoms with Gasteiger partial charge in [-0.1, -0.05) is 24.3 Å². The molecule has 0 saturated carbocycles. The first kappa shape index (κ1) is 10.7. The Kier molecular flexibility index (Phi) is 3.39. The smallest absolute Gasteiger partial charge is 0.0620 e. The third-order valence-corrected chi connectivity index (χ3v) is 3.07. The van der Waals surface area contributed by atoms with Crippen LogP contribution < -0.4 is 5.32 Å². The summed E-state index contributed by atoms with van der Waals surface area (Å²) >= 11 is 0. The van der Waals surface area contributed by atoms with Gasteiger partial charge in [-0.25, -0.2) is 0 Å². The van der Waals surface area contributed by atoms with Crippen molar-refractivity contribution in [2.45, 2.75) is 32.4 Å². The van der Waals surface area contributed by atoms with E-state index < -0.39 is 0 Å². The van der Waals surface area contributed by atoms with Gasteiger partial charge in [0.15, 0.2) is 0 Å². The molecule has 1 aliphatic heterocycles. The molecule has 0 amide bonds. The van der Waals surface area contributed by atoms with Gasteiger partial charge in [0.25, 0.3) is 0 Å². The van der Waals surface area contributed by atoms with Gasteiger partial charge in [0.2, 0.25) is 0 Å².